The van der Waals surface area contributed by atoms with Gasteiger partial charge in [-0.3, -0.25) is 4.72 Å². The number of nitrogens with two attached hydrogens (primary N) is 1. The summed E-state index contributed by atoms with van der Waals surface area (Å²) >= 11 is 0. The molecule has 0 bridgehead atoms. The lowest BCUT2D eigenvalue weighted by atomic mass is 10.0. The van der Waals surface area contributed by atoms with Gasteiger partial charge in [0.1, 0.15) is 22.2 Å². The molecule has 0 atom stereocenters. The van der Waals surface area contributed by atoms with Crippen LogP contribution in [-0.4, -0.2) is 35.7 Å². The predicted octanol–water partition coefficient (Wildman–Crippen LogP) is 3.68. The number of ether oxygens (including phenoxy) is 2. The number of halogens is 1. The van der Waals surface area contributed by atoms with Crippen molar-refractivity contribution >= 4 is 21.4 Å². The molecule has 0 aliphatic carbocycles. The van der Waals surface area contributed by atoms with E-state index < -0.39 is 15.8 Å². The van der Waals surface area contributed by atoms with E-state index in [1.165, 1.54) is 44.6 Å². The number of methoxy groups -OCH3 is 2. The third kappa shape index (κ3) is 5.25. The summed E-state index contributed by atoms with van der Waals surface area (Å²) in [4.78, 5) is -0.116. The maximum atomic E-state index is 14.4. The van der Waals surface area contributed by atoms with Crippen LogP contribution in [0.2, 0.25) is 0 Å². The van der Waals surface area contributed by atoms with Crippen LogP contribution in [0.1, 0.15) is 0 Å². The van der Waals surface area contributed by atoms with Crippen LogP contribution < -0.4 is 25.2 Å². The van der Waals surface area contributed by atoms with Crippen molar-refractivity contribution in [3.8, 4) is 22.6 Å². The largest absolute Gasteiger partial charge is 0.497 e. The zero-order chi connectivity index (χ0) is 22.4. The van der Waals surface area contributed by atoms with Crippen LogP contribution in [0.15, 0.2) is 65.6 Å². The number of benzene rings is 3. The van der Waals surface area contributed by atoms with Gasteiger partial charge in [-0.1, -0.05) is 12.1 Å². The van der Waals surface area contributed by atoms with Gasteiger partial charge < -0.3 is 20.5 Å². The van der Waals surface area contributed by atoms with Crippen molar-refractivity contribution in [2.75, 3.05) is 37.3 Å². The van der Waals surface area contributed by atoms with Crippen LogP contribution >= 0.6 is 0 Å². The maximum Gasteiger partial charge on any atom is 0.265 e. The highest BCUT2D eigenvalue weighted by atomic mass is 32.2. The Balaban J connectivity index is 2.00. The Morgan fingerprint density at radius 1 is 0.968 bits per heavy atom. The molecule has 4 N–H and O–H groups in total. The molecule has 0 aliphatic heterocycles. The molecule has 0 heterocycles. The van der Waals surface area contributed by atoms with Crippen LogP contribution in [0, 0.1) is 5.82 Å². The van der Waals surface area contributed by atoms with Gasteiger partial charge in [-0.05, 0) is 54.1 Å². The molecule has 0 saturated heterocycles. The maximum absolute atomic E-state index is 14.4. The zero-order valence-corrected chi connectivity index (χ0v) is 18.0. The minimum absolute atomic E-state index is 0.116. The lowest BCUT2D eigenvalue weighted by Crippen LogP contribution is -2.15. The average Bonchev–Trinajstić information content (AvgIpc) is 2.77. The fourth-order valence-electron chi connectivity index (χ4n) is 3.03. The van der Waals surface area contributed by atoms with Gasteiger partial charge in [0, 0.05) is 24.3 Å². The molecule has 0 fully saturated rings. The van der Waals surface area contributed by atoms with Crippen molar-refractivity contribution in [1.29, 1.82) is 0 Å². The summed E-state index contributed by atoms with van der Waals surface area (Å²) in [6.07, 6.45) is 0. The first-order valence-corrected chi connectivity index (χ1v) is 10.9. The third-order valence-electron chi connectivity index (χ3n) is 4.53. The molecule has 0 amide bonds. The minimum atomic E-state index is -4.03. The zero-order valence-electron chi connectivity index (χ0n) is 17.2. The molecule has 0 aromatic heterocycles. The van der Waals surface area contributed by atoms with Gasteiger partial charge in [0.25, 0.3) is 10.0 Å². The van der Waals surface area contributed by atoms with Gasteiger partial charge in [0.05, 0.1) is 19.9 Å². The molecule has 9 heteroatoms. The number of nitrogens with one attached hydrogen (secondary N) is 2. The summed E-state index contributed by atoms with van der Waals surface area (Å²) < 4.78 is 53.7. The highest BCUT2D eigenvalue weighted by molar-refractivity contribution is 7.92. The highest BCUT2D eigenvalue weighted by Gasteiger charge is 2.22. The second-order valence-corrected chi connectivity index (χ2v) is 8.26. The van der Waals surface area contributed by atoms with Gasteiger partial charge in [-0.2, -0.15) is 0 Å². The number of anilines is 2. The molecule has 0 unspecified atom stereocenters. The lowest BCUT2D eigenvalue weighted by Gasteiger charge is -2.15. The molecule has 164 valence electrons. The predicted molar refractivity (Wildman–Crippen MR) is 120 cm³/mol. The SMILES string of the molecule is COc1ccc(F)c(-c2ccc(OC)c(S(=O)(=O)Nc3cccc(NCCN)c3)c2)c1. The van der Waals surface area contributed by atoms with E-state index in [1.807, 2.05) is 0 Å². The van der Waals surface area contributed by atoms with Crippen LogP contribution in [-0.2, 0) is 10.0 Å². The molecule has 0 saturated carbocycles. The molecule has 7 nitrogen and oxygen atoms in total. The van der Waals surface area contributed by atoms with E-state index in [1.54, 1.807) is 30.3 Å². The fourth-order valence-corrected chi connectivity index (χ4v) is 4.27. The van der Waals surface area contributed by atoms with E-state index in [-0.39, 0.29) is 16.2 Å². The van der Waals surface area contributed by atoms with Crippen molar-refractivity contribution < 1.29 is 22.3 Å². The summed E-state index contributed by atoms with van der Waals surface area (Å²) in [5, 5.41) is 3.09. The van der Waals surface area contributed by atoms with E-state index in [2.05, 4.69) is 10.0 Å². The Bertz CT molecular complexity index is 1170. The summed E-state index contributed by atoms with van der Waals surface area (Å²) in [5.41, 5.74) is 7.17. The van der Waals surface area contributed by atoms with Crippen LogP contribution in [0.25, 0.3) is 11.1 Å². The van der Waals surface area contributed by atoms with Crippen LogP contribution in [0.5, 0.6) is 11.5 Å². The normalized spacial score (nSPS) is 11.1. The average molecular weight is 446 g/mol. The highest BCUT2D eigenvalue weighted by Crippen LogP contribution is 2.34. The molecule has 0 aliphatic rings. The Kier molecular flexibility index (Phi) is 6.98. The molecule has 3 aromatic carbocycles. The van der Waals surface area contributed by atoms with Crippen LogP contribution in [0.4, 0.5) is 15.8 Å². The molecule has 31 heavy (non-hydrogen) atoms. The van der Waals surface area contributed by atoms with E-state index in [0.29, 0.717) is 30.1 Å². The Hall–Kier alpha value is -3.30. The van der Waals surface area contributed by atoms with Crippen molar-refractivity contribution in [2.45, 2.75) is 4.90 Å². The first kappa shape index (κ1) is 22.4. The summed E-state index contributed by atoms with van der Waals surface area (Å²) in [6.45, 7) is 0.999. The van der Waals surface area contributed by atoms with Gasteiger partial charge in [-0.25, -0.2) is 12.8 Å². The fraction of sp³-hybridized carbons (Fsp3) is 0.182. The molecular formula is C22H24FN3O4S. The Morgan fingerprint density at radius 2 is 1.74 bits per heavy atom. The smallest absolute Gasteiger partial charge is 0.265 e. The van der Waals surface area contributed by atoms with E-state index in [9.17, 15) is 12.8 Å². The number of hydrogen-bond acceptors (Lipinski definition) is 6. The van der Waals surface area contributed by atoms with E-state index >= 15 is 0 Å². The van der Waals surface area contributed by atoms with Crippen molar-refractivity contribution in [1.82, 2.24) is 0 Å². The summed E-state index contributed by atoms with van der Waals surface area (Å²) in [5.74, 6) is 0.0921. The first-order valence-electron chi connectivity index (χ1n) is 9.46. The Labute approximate surface area is 181 Å². The van der Waals surface area contributed by atoms with Gasteiger partial charge in [0.15, 0.2) is 0 Å². The molecule has 0 radical (unpaired) electrons. The molecule has 0 spiro atoms. The topological polar surface area (TPSA) is 103 Å². The van der Waals surface area contributed by atoms with E-state index in [4.69, 9.17) is 15.2 Å². The number of sulfonamides is 1. The summed E-state index contributed by atoms with van der Waals surface area (Å²) in [6, 6.07) is 15.5. The molecule has 3 aromatic rings. The quantitative estimate of drug-likeness (QED) is 0.464. The minimum Gasteiger partial charge on any atom is -0.497 e. The standard InChI is InChI=1S/C22H24FN3O4S/c1-29-18-7-8-20(23)19(14-18)15-6-9-21(30-2)22(12-15)31(27,28)26-17-5-3-4-16(13-17)25-11-10-24/h3-9,12-14,25-26H,10-11,24H2,1-2H3. The lowest BCUT2D eigenvalue weighted by molar-refractivity contribution is 0.403. The van der Waals surface area contributed by atoms with Crippen molar-refractivity contribution in [3.63, 3.8) is 0 Å². The van der Waals surface area contributed by atoms with E-state index in [0.717, 1.165) is 5.69 Å². The monoisotopic (exact) mass is 445 g/mol. The van der Waals surface area contributed by atoms with Crippen LogP contribution in [0.3, 0.4) is 0 Å². The number of hydrogen-bond donors (Lipinski definition) is 3. The second-order valence-electron chi connectivity index (χ2n) is 6.61. The second kappa shape index (κ2) is 9.67. The van der Waals surface area contributed by atoms with Gasteiger partial charge in [-0.15, -0.1) is 0 Å². The Morgan fingerprint density at radius 3 is 2.45 bits per heavy atom. The molecular weight excluding hydrogens is 421 g/mol. The van der Waals surface area contributed by atoms with Crippen molar-refractivity contribution in [3.05, 3.63) is 66.5 Å². The van der Waals surface area contributed by atoms with Gasteiger partial charge >= 0.3 is 0 Å². The number of rotatable bonds is 9. The molecule has 3 rings (SSSR count). The van der Waals surface area contributed by atoms with Crippen molar-refractivity contribution in [2.24, 2.45) is 5.73 Å². The first-order chi connectivity index (χ1) is 14.9. The van der Waals surface area contributed by atoms with Gasteiger partial charge in [0.2, 0.25) is 0 Å². The summed E-state index contributed by atoms with van der Waals surface area (Å²) in [7, 11) is -1.19. The third-order valence-corrected chi connectivity index (χ3v) is 5.93.